The number of carbonyl (C=O) groups is 2. The molecule has 170 valence electrons. The van der Waals surface area contributed by atoms with Gasteiger partial charge >= 0.3 is 5.97 Å². The summed E-state index contributed by atoms with van der Waals surface area (Å²) in [5.41, 5.74) is 10.7. The lowest BCUT2D eigenvalue weighted by Crippen LogP contribution is -2.40. The van der Waals surface area contributed by atoms with E-state index in [0.29, 0.717) is 6.42 Å². The number of sulfonamides is 1. The molecule has 15 heteroatoms. The molecule has 0 fully saturated rings. The molecule has 0 saturated carbocycles. The van der Waals surface area contributed by atoms with Crippen molar-refractivity contribution in [2.45, 2.75) is 23.8 Å². The summed E-state index contributed by atoms with van der Waals surface area (Å²) in [4.78, 5) is 27.7. The van der Waals surface area contributed by atoms with Gasteiger partial charge < -0.3 is 21.9 Å². The van der Waals surface area contributed by atoms with Gasteiger partial charge in [0, 0.05) is 6.54 Å². The third-order valence-corrected chi connectivity index (χ3v) is 6.51. The maximum atomic E-state index is 12.9. The van der Waals surface area contributed by atoms with Crippen LogP contribution in [-0.4, -0.2) is 54.3 Å². The lowest BCUT2D eigenvalue weighted by atomic mass is 10.1. The maximum absolute atomic E-state index is 12.9. The smallest absolute Gasteiger partial charge is 0.326 e. The van der Waals surface area contributed by atoms with Crippen LogP contribution >= 0.6 is 11.3 Å². The van der Waals surface area contributed by atoms with Gasteiger partial charge in [-0.1, -0.05) is 6.07 Å². The van der Waals surface area contributed by atoms with Gasteiger partial charge in [-0.3, -0.25) is 14.5 Å². The van der Waals surface area contributed by atoms with Crippen LogP contribution in [0, 0.1) is 0 Å². The number of fused-ring (bicyclic) bond motifs is 1. The van der Waals surface area contributed by atoms with Crippen LogP contribution in [0.2, 0.25) is 0 Å². The number of thiophene rings is 1. The zero-order valence-corrected chi connectivity index (χ0v) is 18.0. The molecule has 2 heterocycles. The Morgan fingerprint density at radius 3 is 2.75 bits per heavy atom. The molecule has 0 spiro atoms. The average molecular weight is 482 g/mol. The van der Waals surface area contributed by atoms with Crippen LogP contribution < -0.4 is 21.5 Å². The molecule has 0 aliphatic rings. The third-order valence-electron chi connectivity index (χ3n) is 4.20. The van der Waals surface area contributed by atoms with E-state index < -0.39 is 27.9 Å². The second-order valence-corrected chi connectivity index (χ2v) is 9.04. The van der Waals surface area contributed by atoms with Crippen molar-refractivity contribution < 1.29 is 27.7 Å². The molecule has 0 radical (unpaired) electrons. The maximum Gasteiger partial charge on any atom is 0.326 e. The largest absolute Gasteiger partial charge is 0.480 e. The predicted molar refractivity (Wildman–Crippen MR) is 116 cm³/mol. The molecule has 3 aromatic rings. The first-order valence-corrected chi connectivity index (χ1v) is 11.5. The third kappa shape index (κ3) is 5.30. The summed E-state index contributed by atoms with van der Waals surface area (Å²) in [5.74, 6) is -2.10. The van der Waals surface area contributed by atoms with E-state index in [-0.39, 0.29) is 45.4 Å². The topological polar surface area (TPSA) is 216 Å². The van der Waals surface area contributed by atoms with Crippen molar-refractivity contribution in [3.8, 4) is 0 Å². The number of aliphatic carboxylic acids is 1. The molecule has 32 heavy (non-hydrogen) atoms. The minimum Gasteiger partial charge on any atom is -0.480 e. The first-order valence-electron chi connectivity index (χ1n) is 9.09. The molecule has 3 rings (SSSR count). The van der Waals surface area contributed by atoms with Crippen molar-refractivity contribution >= 4 is 55.9 Å². The van der Waals surface area contributed by atoms with Crippen molar-refractivity contribution in [3.05, 3.63) is 34.5 Å². The Labute approximate surface area is 185 Å². The first-order chi connectivity index (χ1) is 15.2. The van der Waals surface area contributed by atoms with Crippen LogP contribution in [0.5, 0.6) is 0 Å². The molecule has 1 atom stereocenters. The van der Waals surface area contributed by atoms with Gasteiger partial charge in [0.25, 0.3) is 15.9 Å². The number of nitrogens with zero attached hydrogens (tertiary/aromatic N) is 3. The number of hydrogen-bond acceptors (Lipinski definition) is 9. The molecular weight excluding hydrogens is 462 g/mol. The van der Waals surface area contributed by atoms with Crippen molar-refractivity contribution in [2.75, 3.05) is 11.3 Å². The monoisotopic (exact) mass is 481 g/mol. The molecule has 13 nitrogen and oxygen atoms in total. The highest BCUT2D eigenvalue weighted by Gasteiger charge is 2.26. The van der Waals surface area contributed by atoms with Crippen LogP contribution in [0.4, 0.5) is 5.69 Å². The normalized spacial score (nSPS) is 12.2. The summed E-state index contributed by atoms with van der Waals surface area (Å²) in [5, 5.41) is 20.5. The number of benzene rings is 1. The number of nitrogens with one attached hydrogen (secondary N) is 2. The number of amides is 1. The minimum absolute atomic E-state index is 0.00509. The highest BCUT2D eigenvalue weighted by Crippen LogP contribution is 2.27. The van der Waals surface area contributed by atoms with Gasteiger partial charge in [-0.05, 0) is 46.7 Å². The van der Waals surface area contributed by atoms with Gasteiger partial charge in [0.1, 0.15) is 21.3 Å². The summed E-state index contributed by atoms with van der Waals surface area (Å²) in [6.45, 7) is 0.203. The summed E-state index contributed by atoms with van der Waals surface area (Å²) < 4.78 is 32.7. The lowest BCUT2D eigenvalue weighted by Gasteiger charge is -2.14. The Morgan fingerprint density at radius 2 is 2.03 bits per heavy atom. The highest BCUT2D eigenvalue weighted by atomic mass is 32.2. The Kier molecular flexibility index (Phi) is 6.89. The van der Waals surface area contributed by atoms with Crippen molar-refractivity contribution in [1.29, 1.82) is 0 Å². The number of rotatable bonds is 10. The lowest BCUT2D eigenvalue weighted by molar-refractivity contribution is -0.139. The summed E-state index contributed by atoms with van der Waals surface area (Å²) in [6.07, 6.45) is 0.389. The summed E-state index contributed by atoms with van der Waals surface area (Å²) in [7, 11) is -4.15. The van der Waals surface area contributed by atoms with Crippen LogP contribution in [0.1, 0.15) is 22.5 Å². The van der Waals surface area contributed by atoms with Crippen LogP contribution in [0.15, 0.2) is 44.2 Å². The molecule has 0 aliphatic carbocycles. The Bertz CT molecular complexity index is 1260. The van der Waals surface area contributed by atoms with Crippen LogP contribution in [0.3, 0.4) is 0 Å². The van der Waals surface area contributed by atoms with Gasteiger partial charge in [-0.15, -0.1) is 11.3 Å². The van der Waals surface area contributed by atoms with E-state index in [2.05, 4.69) is 30.0 Å². The second-order valence-electron chi connectivity index (χ2n) is 6.47. The van der Waals surface area contributed by atoms with Crippen LogP contribution in [0.25, 0.3) is 11.0 Å². The number of nitrogens with two attached hydrogens (primary N) is 2. The SMILES string of the molecule is NC(N)=NCCC[C@H](NC(=O)c1sccc1NS(=O)(=O)c1cccc2nonc12)C(=O)O. The van der Waals surface area contributed by atoms with E-state index in [4.69, 9.17) is 11.5 Å². The number of carboxylic acid groups (broad SMARTS) is 1. The van der Waals surface area contributed by atoms with Gasteiger partial charge in [0.2, 0.25) is 0 Å². The molecule has 0 aliphatic heterocycles. The van der Waals surface area contributed by atoms with Gasteiger partial charge in [0.05, 0.1) is 5.69 Å². The zero-order valence-electron chi connectivity index (χ0n) is 16.4. The van der Waals surface area contributed by atoms with Gasteiger partial charge in [0.15, 0.2) is 11.5 Å². The van der Waals surface area contributed by atoms with Gasteiger partial charge in [-0.25, -0.2) is 17.8 Å². The van der Waals surface area contributed by atoms with Gasteiger partial charge in [-0.2, -0.15) is 0 Å². The molecule has 1 amide bonds. The minimum atomic E-state index is -4.15. The fourth-order valence-corrected chi connectivity index (χ4v) is 4.79. The number of guanidine groups is 1. The van der Waals surface area contributed by atoms with E-state index in [1.807, 2.05) is 0 Å². The molecule has 7 N–H and O–H groups in total. The number of carbonyl (C=O) groups excluding carboxylic acids is 1. The average Bonchev–Trinajstić information content (AvgIpc) is 3.38. The van der Waals surface area contributed by atoms with Crippen molar-refractivity contribution in [2.24, 2.45) is 16.5 Å². The Balaban J connectivity index is 1.75. The van der Waals surface area contributed by atoms with Crippen molar-refractivity contribution in [1.82, 2.24) is 15.6 Å². The van der Waals surface area contributed by atoms with E-state index in [9.17, 15) is 23.1 Å². The van der Waals surface area contributed by atoms with Crippen LogP contribution in [-0.2, 0) is 14.8 Å². The number of aliphatic imine (C=N–C) groups is 1. The van der Waals surface area contributed by atoms with E-state index in [0.717, 1.165) is 11.3 Å². The summed E-state index contributed by atoms with van der Waals surface area (Å²) >= 11 is 0.951. The zero-order chi connectivity index (χ0) is 23.3. The number of aromatic nitrogens is 2. The molecular formula is C17H19N7O6S2. The highest BCUT2D eigenvalue weighted by molar-refractivity contribution is 7.93. The molecule has 0 bridgehead atoms. The first kappa shape index (κ1) is 23.0. The molecule has 0 saturated heterocycles. The van der Waals surface area contributed by atoms with Crippen molar-refractivity contribution in [3.63, 3.8) is 0 Å². The van der Waals surface area contributed by atoms with E-state index >= 15 is 0 Å². The van der Waals surface area contributed by atoms with E-state index in [1.165, 1.54) is 29.6 Å². The number of hydrogen-bond donors (Lipinski definition) is 5. The molecule has 2 aromatic heterocycles. The van der Waals surface area contributed by atoms with E-state index in [1.54, 1.807) is 0 Å². The predicted octanol–water partition coefficient (Wildman–Crippen LogP) is 0.322. The summed E-state index contributed by atoms with van der Waals surface area (Å²) in [6, 6.07) is 4.51. The fourth-order valence-electron chi connectivity index (χ4n) is 2.75. The second kappa shape index (κ2) is 9.61. The standard InChI is InChI=1S/C17H19N7O6S2/c18-17(19)20-7-2-4-11(16(26)27)21-15(25)14-10(6-8-31-14)24-32(28,29)12-5-1-3-9-13(12)23-30-22-9/h1,3,5-6,8,11,24H,2,4,7H2,(H,21,25)(H,26,27)(H4,18,19,20)/t11-/m0/s1. The quantitative estimate of drug-likeness (QED) is 0.152. The Hall–Kier alpha value is -3.72. The Morgan fingerprint density at radius 1 is 1.25 bits per heavy atom. The number of carboxylic acids is 1. The molecule has 0 unspecified atom stereocenters. The number of anilines is 1. The fraction of sp³-hybridized carbons (Fsp3) is 0.235. The molecule has 1 aromatic carbocycles.